The van der Waals surface area contributed by atoms with Crippen molar-refractivity contribution in [1.29, 1.82) is 0 Å². The van der Waals surface area contributed by atoms with Gasteiger partial charge in [0.2, 0.25) is 10.0 Å². The molecule has 0 atom stereocenters. The highest BCUT2D eigenvalue weighted by Gasteiger charge is 2.15. The van der Waals surface area contributed by atoms with Crippen LogP contribution >= 0.6 is 27.3 Å². The van der Waals surface area contributed by atoms with Crippen molar-refractivity contribution < 1.29 is 13.5 Å². The van der Waals surface area contributed by atoms with Crippen LogP contribution in [0.15, 0.2) is 20.1 Å². The maximum atomic E-state index is 11.7. The monoisotopic (exact) mass is 327 g/mol. The standard InChI is InChI=1S/C9H14BrNO3S2/c10-8-4-5-9(15-8)16(13,14)11-6-2-1-3-7-12/h4-5,11-12H,1-3,6-7H2. The summed E-state index contributed by atoms with van der Waals surface area (Å²) in [5.41, 5.74) is 0. The van der Waals surface area contributed by atoms with E-state index >= 15 is 0 Å². The maximum absolute atomic E-state index is 11.7. The molecule has 1 aromatic heterocycles. The Kier molecular flexibility index (Phi) is 5.91. The molecule has 0 spiro atoms. The van der Waals surface area contributed by atoms with Gasteiger partial charge in [-0.15, -0.1) is 11.3 Å². The van der Waals surface area contributed by atoms with Crippen molar-refractivity contribution in [3.05, 3.63) is 15.9 Å². The molecule has 1 rings (SSSR count). The Hall–Kier alpha value is 0.0500. The number of sulfonamides is 1. The molecule has 0 aliphatic heterocycles. The van der Waals surface area contributed by atoms with Gasteiger partial charge in [-0.05, 0) is 47.3 Å². The number of thiophene rings is 1. The van der Waals surface area contributed by atoms with Crippen LogP contribution in [0.3, 0.4) is 0 Å². The van der Waals surface area contributed by atoms with Crippen molar-refractivity contribution in [2.24, 2.45) is 0 Å². The van der Waals surface area contributed by atoms with Gasteiger partial charge in [0.15, 0.2) is 0 Å². The van der Waals surface area contributed by atoms with Gasteiger partial charge in [0, 0.05) is 13.2 Å². The zero-order chi connectivity index (χ0) is 12.0. The molecule has 0 fully saturated rings. The summed E-state index contributed by atoms with van der Waals surface area (Å²) in [6.45, 7) is 0.572. The molecule has 2 N–H and O–H groups in total. The molecule has 4 nitrogen and oxygen atoms in total. The van der Waals surface area contributed by atoms with Gasteiger partial charge in [-0.2, -0.15) is 0 Å². The SMILES string of the molecule is O=S(=O)(NCCCCCO)c1ccc(Br)s1. The number of rotatable bonds is 7. The van der Waals surface area contributed by atoms with Crippen molar-refractivity contribution >= 4 is 37.3 Å². The lowest BCUT2D eigenvalue weighted by Crippen LogP contribution is -2.23. The second-order valence-corrected chi connectivity index (χ2v) is 7.70. The molecule has 0 aliphatic rings. The third kappa shape index (κ3) is 4.50. The fraction of sp³-hybridized carbons (Fsp3) is 0.556. The van der Waals surface area contributed by atoms with Crippen LogP contribution in [-0.4, -0.2) is 26.7 Å². The summed E-state index contributed by atoms with van der Waals surface area (Å²) in [7, 11) is -3.35. The minimum Gasteiger partial charge on any atom is -0.396 e. The van der Waals surface area contributed by atoms with Crippen LogP contribution in [0, 0.1) is 0 Å². The van der Waals surface area contributed by atoms with E-state index in [0.29, 0.717) is 17.2 Å². The van der Waals surface area contributed by atoms with Crippen LogP contribution < -0.4 is 4.72 Å². The minimum absolute atomic E-state index is 0.157. The molecule has 7 heteroatoms. The molecule has 0 amide bonds. The smallest absolute Gasteiger partial charge is 0.250 e. The van der Waals surface area contributed by atoms with Gasteiger partial charge in [-0.3, -0.25) is 0 Å². The van der Waals surface area contributed by atoms with Crippen LogP contribution in [-0.2, 0) is 10.0 Å². The lowest BCUT2D eigenvalue weighted by Gasteiger charge is -2.03. The average Bonchev–Trinajstić information content (AvgIpc) is 2.65. The third-order valence-corrected chi connectivity index (χ3v) is 5.52. The second-order valence-electron chi connectivity index (χ2n) is 3.24. The Morgan fingerprint density at radius 1 is 1.31 bits per heavy atom. The Morgan fingerprint density at radius 2 is 2.06 bits per heavy atom. The number of hydrogen-bond donors (Lipinski definition) is 2. The first-order chi connectivity index (χ1) is 7.56. The van der Waals surface area contributed by atoms with E-state index in [1.807, 2.05) is 0 Å². The summed E-state index contributed by atoms with van der Waals surface area (Å²) < 4.78 is 27.1. The first-order valence-electron chi connectivity index (χ1n) is 4.92. The summed E-state index contributed by atoms with van der Waals surface area (Å²) >= 11 is 4.41. The van der Waals surface area contributed by atoms with E-state index < -0.39 is 10.0 Å². The third-order valence-electron chi connectivity index (χ3n) is 1.94. The molecule has 1 heterocycles. The number of nitrogens with one attached hydrogen (secondary N) is 1. The highest BCUT2D eigenvalue weighted by atomic mass is 79.9. The number of hydrogen-bond acceptors (Lipinski definition) is 4. The number of halogens is 1. The fourth-order valence-corrected chi connectivity index (χ4v) is 4.26. The van der Waals surface area contributed by atoms with Gasteiger partial charge >= 0.3 is 0 Å². The van der Waals surface area contributed by atoms with Crippen molar-refractivity contribution in [2.45, 2.75) is 23.5 Å². The van der Waals surface area contributed by atoms with Gasteiger partial charge in [0.25, 0.3) is 0 Å². The maximum Gasteiger partial charge on any atom is 0.250 e. The Morgan fingerprint density at radius 3 is 2.62 bits per heavy atom. The summed E-state index contributed by atoms with van der Waals surface area (Å²) in [5.74, 6) is 0. The van der Waals surface area contributed by atoms with Crippen LogP contribution in [0.2, 0.25) is 0 Å². The van der Waals surface area contributed by atoms with E-state index in [9.17, 15) is 8.42 Å². The van der Waals surface area contributed by atoms with Gasteiger partial charge in [0.1, 0.15) is 4.21 Å². The number of unbranched alkanes of at least 4 members (excludes halogenated alkanes) is 2. The molecule has 0 unspecified atom stereocenters. The second kappa shape index (κ2) is 6.70. The van der Waals surface area contributed by atoms with Gasteiger partial charge in [0.05, 0.1) is 3.79 Å². The highest BCUT2D eigenvalue weighted by Crippen LogP contribution is 2.25. The lowest BCUT2D eigenvalue weighted by molar-refractivity contribution is 0.283. The molecule has 0 aromatic carbocycles. The van der Waals surface area contributed by atoms with E-state index in [1.54, 1.807) is 12.1 Å². The van der Waals surface area contributed by atoms with E-state index in [1.165, 1.54) is 11.3 Å². The van der Waals surface area contributed by atoms with E-state index in [0.717, 1.165) is 16.6 Å². The van der Waals surface area contributed by atoms with Crippen molar-refractivity contribution in [3.8, 4) is 0 Å². The predicted molar refractivity (Wildman–Crippen MR) is 68.1 cm³/mol. The molecule has 1 aromatic rings. The topological polar surface area (TPSA) is 66.4 Å². The Bertz CT molecular complexity index is 416. The van der Waals surface area contributed by atoms with Crippen LogP contribution in [0.5, 0.6) is 0 Å². The van der Waals surface area contributed by atoms with Crippen LogP contribution in [0.4, 0.5) is 0 Å². The summed E-state index contributed by atoms with van der Waals surface area (Å²) in [5, 5.41) is 8.56. The average molecular weight is 328 g/mol. The zero-order valence-corrected chi connectivity index (χ0v) is 11.9. The Balaban J connectivity index is 2.41. The Labute approximate surface area is 108 Å². The van der Waals surface area contributed by atoms with Gasteiger partial charge in [-0.25, -0.2) is 13.1 Å². The molecule has 0 saturated heterocycles. The van der Waals surface area contributed by atoms with E-state index in [4.69, 9.17) is 5.11 Å². The highest BCUT2D eigenvalue weighted by molar-refractivity contribution is 9.11. The van der Waals surface area contributed by atoms with Crippen LogP contribution in [0.1, 0.15) is 19.3 Å². The lowest BCUT2D eigenvalue weighted by atomic mass is 10.2. The van der Waals surface area contributed by atoms with Crippen LogP contribution in [0.25, 0.3) is 0 Å². The quantitative estimate of drug-likeness (QED) is 0.752. The molecule has 16 heavy (non-hydrogen) atoms. The largest absolute Gasteiger partial charge is 0.396 e. The zero-order valence-electron chi connectivity index (χ0n) is 8.65. The minimum atomic E-state index is -3.35. The van der Waals surface area contributed by atoms with Crippen molar-refractivity contribution in [1.82, 2.24) is 4.72 Å². The number of aliphatic hydroxyl groups is 1. The molecule has 0 saturated carbocycles. The predicted octanol–water partition coefficient (Wildman–Crippen LogP) is 1.95. The molecule has 0 aliphatic carbocycles. The van der Waals surface area contributed by atoms with Gasteiger partial charge in [-0.1, -0.05) is 0 Å². The van der Waals surface area contributed by atoms with Crippen molar-refractivity contribution in [2.75, 3.05) is 13.2 Å². The first kappa shape index (κ1) is 14.1. The molecule has 0 radical (unpaired) electrons. The molecular weight excluding hydrogens is 314 g/mol. The van der Waals surface area contributed by atoms with E-state index in [-0.39, 0.29) is 6.61 Å². The summed E-state index contributed by atoms with van der Waals surface area (Å²) in [4.78, 5) is 0. The fourth-order valence-electron chi connectivity index (χ4n) is 1.13. The normalized spacial score (nSPS) is 11.9. The van der Waals surface area contributed by atoms with E-state index in [2.05, 4.69) is 20.7 Å². The van der Waals surface area contributed by atoms with Crippen molar-refractivity contribution in [3.63, 3.8) is 0 Å². The molecule has 92 valence electrons. The summed E-state index contributed by atoms with van der Waals surface area (Å²) in [6.07, 6.45) is 2.28. The number of aliphatic hydroxyl groups excluding tert-OH is 1. The molecular formula is C9H14BrNO3S2. The summed E-state index contributed by atoms with van der Waals surface area (Å²) in [6, 6.07) is 3.29. The first-order valence-corrected chi connectivity index (χ1v) is 8.01. The molecule has 0 bridgehead atoms. The van der Waals surface area contributed by atoms with Gasteiger partial charge < -0.3 is 5.11 Å².